The van der Waals surface area contributed by atoms with E-state index < -0.39 is 0 Å². The average molecular weight is 720 g/mol. The molecule has 1 nitrogen and oxygen atoms in total. The van der Waals surface area contributed by atoms with Gasteiger partial charge in [0.1, 0.15) is 0 Å². The number of fused-ring (bicyclic) bond motifs is 12. The molecule has 55 heavy (non-hydrogen) atoms. The Labute approximate surface area is 330 Å². The quantitative estimate of drug-likeness (QED) is 0.284. The lowest BCUT2D eigenvalue weighted by molar-refractivity contribution is 0.123. The van der Waals surface area contributed by atoms with Crippen LogP contribution in [-0.2, 0) is 5.41 Å². The van der Waals surface area contributed by atoms with Gasteiger partial charge in [0.25, 0.3) is 0 Å². The number of hydrogen-bond acceptors (Lipinski definition) is 1. The summed E-state index contributed by atoms with van der Waals surface area (Å²) in [5.74, 6) is 1.16. The molecule has 7 unspecified atom stereocenters. The van der Waals surface area contributed by atoms with Gasteiger partial charge in [0.15, 0.2) is 0 Å². The molecule has 0 aromatic heterocycles. The summed E-state index contributed by atoms with van der Waals surface area (Å²) in [7, 11) is 0. The van der Waals surface area contributed by atoms with Crippen LogP contribution < -0.4 is 0 Å². The maximum Gasteiger partial charge on any atom is 0.0522 e. The molecule has 0 N–H and O–H groups in total. The molecule has 2 aromatic rings. The van der Waals surface area contributed by atoms with Gasteiger partial charge in [0.05, 0.1) is 6.04 Å². The Morgan fingerprint density at radius 1 is 0.673 bits per heavy atom. The zero-order chi connectivity index (χ0) is 37.2. The van der Waals surface area contributed by atoms with Crippen molar-refractivity contribution in [2.24, 2.45) is 22.2 Å². The summed E-state index contributed by atoms with van der Waals surface area (Å²) >= 11 is 0. The van der Waals surface area contributed by atoms with Gasteiger partial charge in [-0.15, -0.1) is 0 Å². The Bertz CT molecular complexity index is 2320. The highest BCUT2D eigenvalue weighted by atomic mass is 15.2. The van der Waals surface area contributed by atoms with Gasteiger partial charge in [-0.2, -0.15) is 0 Å². The van der Waals surface area contributed by atoms with E-state index in [1.165, 1.54) is 48.2 Å². The molecule has 9 aliphatic rings. The molecule has 0 aliphatic heterocycles. The summed E-state index contributed by atoms with van der Waals surface area (Å²) < 4.78 is 0. The normalized spacial score (nSPS) is 35.8. The number of benzene rings is 2. The van der Waals surface area contributed by atoms with Crippen molar-refractivity contribution in [3.63, 3.8) is 0 Å². The van der Waals surface area contributed by atoms with Gasteiger partial charge < -0.3 is 4.90 Å². The first-order valence-electron chi connectivity index (χ1n) is 21.7. The van der Waals surface area contributed by atoms with Crippen molar-refractivity contribution < 1.29 is 0 Å². The third-order valence-electron chi connectivity index (χ3n) is 16.4. The van der Waals surface area contributed by atoms with Gasteiger partial charge in [0.2, 0.25) is 0 Å². The predicted octanol–water partition coefficient (Wildman–Crippen LogP) is 13.6. The van der Waals surface area contributed by atoms with Crippen molar-refractivity contribution in [2.75, 3.05) is 0 Å². The molecule has 11 rings (SSSR count). The molecule has 0 saturated heterocycles. The molecule has 2 aromatic carbocycles. The minimum Gasteiger partial charge on any atom is -0.338 e. The topological polar surface area (TPSA) is 3.24 Å². The Balaban J connectivity index is 1.09. The van der Waals surface area contributed by atoms with Crippen LogP contribution in [0.25, 0.3) is 0 Å². The largest absolute Gasteiger partial charge is 0.338 e. The van der Waals surface area contributed by atoms with Crippen LogP contribution in [0.5, 0.6) is 0 Å². The first kappa shape index (κ1) is 33.9. The van der Waals surface area contributed by atoms with E-state index in [0.717, 1.165) is 38.5 Å². The van der Waals surface area contributed by atoms with Crippen molar-refractivity contribution in [3.05, 3.63) is 189 Å². The second-order valence-electron chi connectivity index (χ2n) is 19.1. The average Bonchev–Trinajstić information content (AvgIpc) is 3.73. The Morgan fingerprint density at radius 2 is 1.44 bits per heavy atom. The highest BCUT2D eigenvalue weighted by Crippen LogP contribution is 2.74. The van der Waals surface area contributed by atoms with Crippen LogP contribution in [0.1, 0.15) is 126 Å². The molecule has 0 radical (unpaired) electrons. The number of allylic oxidation sites excluding steroid dienone is 18. The summed E-state index contributed by atoms with van der Waals surface area (Å²) in [6.07, 6.45) is 44.5. The summed E-state index contributed by atoms with van der Waals surface area (Å²) in [5.41, 5.74) is 17.3. The number of nitrogens with zero attached hydrogens (tertiary/aromatic N) is 1. The lowest BCUT2D eigenvalue weighted by Gasteiger charge is -2.51. The van der Waals surface area contributed by atoms with Gasteiger partial charge in [-0.1, -0.05) is 160 Å². The molecule has 1 spiro atoms. The highest BCUT2D eigenvalue weighted by molar-refractivity contribution is 5.66. The predicted molar refractivity (Wildman–Crippen MR) is 228 cm³/mol. The smallest absolute Gasteiger partial charge is 0.0522 e. The van der Waals surface area contributed by atoms with E-state index in [-0.39, 0.29) is 21.7 Å². The van der Waals surface area contributed by atoms with Gasteiger partial charge in [-0.05, 0) is 109 Å². The summed E-state index contributed by atoms with van der Waals surface area (Å²) in [6.45, 7) is 10.3. The van der Waals surface area contributed by atoms with Crippen molar-refractivity contribution >= 4 is 0 Å². The second-order valence-corrected chi connectivity index (χ2v) is 19.1. The molecule has 1 heteroatoms. The fourth-order valence-corrected chi connectivity index (χ4v) is 14.1. The lowest BCUT2D eigenvalue weighted by atomic mass is 9.52. The van der Waals surface area contributed by atoms with Crippen LogP contribution in [0.15, 0.2) is 167 Å². The summed E-state index contributed by atoms with van der Waals surface area (Å²) in [5, 5.41) is 0. The van der Waals surface area contributed by atoms with Crippen LogP contribution in [-0.4, -0.2) is 10.9 Å². The van der Waals surface area contributed by atoms with Gasteiger partial charge in [-0.3, -0.25) is 0 Å². The third kappa shape index (κ3) is 4.42. The van der Waals surface area contributed by atoms with Crippen molar-refractivity contribution in [1.29, 1.82) is 0 Å². The molecule has 0 saturated carbocycles. The summed E-state index contributed by atoms with van der Waals surface area (Å²) in [4.78, 5) is 2.87. The molecule has 0 bridgehead atoms. The van der Waals surface area contributed by atoms with Crippen LogP contribution in [0.4, 0.5) is 0 Å². The fourth-order valence-electron chi connectivity index (χ4n) is 14.1. The van der Waals surface area contributed by atoms with Crippen molar-refractivity contribution in [3.8, 4) is 0 Å². The lowest BCUT2D eigenvalue weighted by Crippen LogP contribution is -2.47. The number of hydrogen-bond donors (Lipinski definition) is 0. The molecular weight excluding hydrogens is 663 g/mol. The van der Waals surface area contributed by atoms with E-state index in [2.05, 4.69) is 160 Å². The Morgan fingerprint density at radius 3 is 2.27 bits per heavy atom. The van der Waals surface area contributed by atoms with Crippen molar-refractivity contribution in [1.82, 2.24) is 4.90 Å². The zero-order valence-corrected chi connectivity index (χ0v) is 33.5. The minimum atomic E-state index is -0.0554. The van der Waals surface area contributed by atoms with Crippen LogP contribution in [0.2, 0.25) is 0 Å². The Kier molecular flexibility index (Phi) is 7.45. The van der Waals surface area contributed by atoms with E-state index >= 15 is 0 Å². The van der Waals surface area contributed by atoms with Gasteiger partial charge >= 0.3 is 0 Å². The first-order chi connectivity index (χ1) is 26.8. The maximum absolute atomic E-state index is 2.87. The van der Waals surface area contributed by atoms with E-state index in [4.69, 9.17) is 0 Å². The number of rotatable bonds is 4. The molecule has 278 valence electrons. The van der Waals surface area contributed by atoms with Crippen LogP contribution in [0, 0.1) is 22.2 Å². The monoisotopic (exact) mass is 719 g/mol. The van der Waals surface area contributed by atoms with E-state index in [0.29, 0.717) is 23.8 Å². The first-order valence-corrected chi connectivity index (χ1v) is 21.7. The van der Waals surface area contributed by atoms with Gasteiger partial charge in [0, 0.05) is 51.0 Å². The Hall–Kier alpha value is -4.36. The second kappa shape index (κ2) is 12.1. The molecule has 0 amide bonds. The summed E-state index contributed by atoms with van der Waals surface area (Å²) in [6, 6.07) is 19.5. The van der Waals surface area contributed by atoms with Crippen molar-refractivity contribution in [2.45, 2.75) is 115 Å². The molecule has 0 fully saturated rings. The van der Waals surface area contributed by atoms with Gasteiger partial charge in [-0.25, -0.2) is 0 Å². The maximum atomic E-state index is 2.87. The molecule has 0 heterocycles. The zero-order valence-electron chi connectivity index (χ0n) is 33.5. The minimum absolute atomic E-state index is 0.0554. The van der Waals surface area contributed by atoms with E-state index in [9.17, 15) is 0 Å². The van der Waals surface area contributed by atoms with Crippen LogP contribution >= 0.6 is 0 Å². The van der Waals surface area contributed by atoms with E-state index in [1.807, 2.05) is 0 Å². The highest BCUT2D eigenvalue weighted by Gasteiger charge is 2.67. The van der Waals surface area contributed by atoms with E-state index in [1.54, 1.807) is 39.0 Å². The SMILES string of the molecule is CC1(C)C2=CC(N(C3=CC4c5ccccc5C5(c6ccccc6C6C=CCCC65C)C4C=C3)C3=C(C4=CCCC=C4)C=CCC3)CCC2(C)C2=C1CCC=C2. The molecule has 7 atom stereocenters. The fraction of sp³-hybridized carbons (Fsp3) is 0.407. The van der Waals surface area contributed by atoms with Crippen LogP contribution in [0.3, 0.4) is 0 Å². The molecular formula is C54H57N. The molecule has 9 aliphatic carbocycles. The standard InChI is InChI=1S/C54H57N/c1-51(2)47-26-13-14-27-48(47)52(3)33-31-38(35-50(51)52)55(49-28-15-10-20-39(49)36-18-6-5-7-19-36)37-29-30-46-42(34-37)40-21-8-11-24-44(40)54(46)45-25-12-9-22-41(45)43-23-16-17-32-53(43,54)4/h6,8-12,14,16,18-25,27,29-30,34-35,38,42-43,46H,5,7,13,15,17,26,28,31-33H2,1-4H3. The third-order valence-corrected chi connectivity index (χ3v) is 16.4.